The van der Waals surface area contributed by atoms with Gasteiger partial charge in [0.25, 0.3) is 0 Å². The second-order valence-electron chi connectivity index (χ2n) is 8.02. The van der Waals surface area contributed by atoms with E-state index >= 15 is 0 Å². The zero-order valence-electron chi connectivity index (χ0n) is 18.9. The topological polar surface area (TPSA) is 94.2 Å². The number of aromatic nitrogens is 2. The summed E-state index contributed by atoms with van der Waals surface area (Å²) < 4.78 is 0. The van der Waals surface area contributed by atoms with E-state index in [9.17, 15) is 10.2 Å². The summed E-state index contributed by atoms with van der Waals surface area (Å²) in [5, 5.41) is 30.1. The number of phenolic OH excluding ortho intramolecular Hbond substituents is 2. The molecule has 0 saturated heterocycles. The zero-order chi connectivity index (χ0) is 24.0. The van der Waals surface area contributed by atoms with Gasteiger partial charge in [-0.2, -0.15) is 5.11 Å². The molecule has 3 aromatic carbocycles. The Morgan fingerprint density at radius 3 is 1.94 bits per heavy atom. The van der Waals surface area contributed by atoms with Gasteiger partial charge in [-0.3, -0.25) is 9.97 Å². The van der Waals surface area contributed by atoms with Crippen LogP contribution < -0.4 is 4.90 Å². The summed E-state index contributed by atoms with van der Waals surface area (Å²) in [6.07, 6.45) is 3.59. The van der Waals surface area contributed by atoms with Crippen molar-refractivity contribution in [2.75, 3.05) is 4.90 Å². The molecule has 5 rings (SSSR count). The molecule has 0 aliphatic rings. The fraction of sp³-hybridized carbons (Fsp3) is 0.0714. The first-order chi connectivity index (χ1) is 17.2. The van der Waals surface area contributed by atoms with Crippen molar-refractivity contribution in [1.82, 2.24) is 9.97 Å². The zero-order valence-corrected chi connectivity index (χ0v) is 18.9. The Balaban J connectivity index is 1.41. The molecule has 35 heavy (non-hydrogen) atoms. The van der Waals surface area contributed by atoms with Crippen LogP contribution >= 0.6 is 0 Å². The Bertz CT molecular complexity index is 1410. The molecule has 0 amide bonds. The SMILES string of the molecule is Oc1ccc(N=Nc2ccc(N(Cc3ccccn3)Cc3ccccn3)cc2)c2c(O)cccc12. The van der Waals surface area contributed by atoms with Gasteiger partial charge in [-0.1, -0.05) is 24.3 Å². The molecule has 0 aliphatic carbocycles. The van der Waals surface area contributed by atoms with Crippen molar-refractivity contribution in [1.29, 1.82) is 0 Å². The average Bonchev–Trinajstić information content (AvgIpc) is 2.90. The van der Waals surface area contributed by atoms with Gasteiger partial charge in [0.2, 0.25) is 0 Å². The molecule has 7 heteroatoms. The summed E-state index contributed by atoms with van der Waals surface area (Å²) in [6, 6.07) is 27.7. The molecule has 7 nitrogen and oxygen atoms in total. The third-order valence-electron chi connectivity index (χ3n) is 5.62. The minimum atomic E-state index is 0.0439. The molecule has 0 aliphatic heterocycles. The first-order valence-electron chi connectivity index (χ1n) is 11.2. The van der Waals surface area contributed by atoms with Crippen LogP contribution in [0.4, 0.5) is 17.1 Å². The van der Waals surface area contributed by atoms with Crippen LogP contribution in [0.3, 0.4) is 0 Å². The van der Waals surface area contributed by atoms with Gasteiger partial charge in [-0.25, -0.2) is 0 Å². The Morgan fingerprint density at radius 1 is 0.629 bits per heavy atom. The van der Waals surface area contributed by atoms with E-state index in [4.69, 9.17) is 0 Å². The summed E-state index contributed by atoms with van der Waals surface area (Å²) in [6.45, 7) is 1.27. The maximum absolute atomic E-state index is 10.3. The summed E-state index contributed by atoms with van der Waals surface area (Å²) in [7, 11) is 0. The van der Waals surface area contributed by atoms with Gasteiger partial charge < -0.3 is 15.1 Å². The van der Waals surface area contributed by atoms with Crippen molar-refractivity contribution in [3.63, 3.8) is 0 Å². The van der Waals surface area contributed by atoms with Crippen molar-refractivity contribution in [3.05, 3.63) is 115 Å². The number of anilines is 1. The highest BCUT2D eigenvalue weighted by Crippen LogP contribution is 2.38. The van der Waals surface area contributed by atoms with Gasteiger partial charge in [0.1, 0.15) is 11.5 Å². The van der Waals surface area contributed by atoms with Crippen molar-refractivity contribution in [2.45, 2.75) is 13.1 Å². The van der Waals surface area contributed by atoms with Crippen LogP contribution in [-0.2, 0) is 13.1 Å². The predicted octanol–water partition coefficient (Wildman–Crippen LogP) is 6.66. The molecule has 0 unspecified atom stereocenters. The number of hydrogen-bond acceptors (Lipinski definition) is 7. The third-order valence-corrected chi connectivity index (χ3v) is 5.62. The van der Waals surface area contributed by atoms with Gasteiger partial charge in [0.05, 0.1) is 41.2 Å². The lowest BCUT2D eigenvalue weighted by Gasteiger charge is -2.24. The van der Waals surface area contributed by atoms with Crippen LogP contribution in [0.25, 0.3) is 10.8 Å². The quantitative estimate of drug-likeness (QED) is 0.264. The van der Waals surface area contributed by atoms with E-state index in [1.54, 1.807) is 42.7 Å². The molecule has 172 valence electrons. The van der Waals surface area contributed by atoms with Crippen molar-refractivity contribution < 1.29 is 10.2 Å². The summed E-state index contributed by atoms with van der Waals surface area (Å²) in [5.41, 5.74) is 4.08. The number of aromatic hydroxyl groups is 2. The van der Waals surface area contributed by atoms with Gasteiger partial charge in [0, 0.05) is 23.5 Å². The number of pyridine rings is 2. The molecule has 2 N–H and O–H groups in total. The van der Waals surface area contributed by atoms with E-state index in [1.807, 2.05) is 60.7 Å². The van der Waals surface area contributed by atoms with Crippen molar-refractivity contribution >= 4 is 27.8 Å². The van der Waals surface area contributed by atoms with Gasteiger partial charge >= 0.3 is 0 Å². The van der Waals surface area contributed by atoms with Crippen LogP contribution in [0.15, 0.2) is 114 Å². The second kappa shape index (κ2) is 10.0. The lowest BCUT2D eigenvalue weighted by Crippen LogP contribution is -2.23. The van der Waals surface area contributed by atoms with E-state index in [0.717, 1.165) is 17.1 Å². The first-order valence-corrected chi connectivity index (χ1v) is 11.2. The molecular formula is C28H23N5O2. The largest absolute Gasteiger partial charge is 0.507 e. The lowest BCUT2D eigenvalue weighted by atomic mass is 10.1. The highest BCUT2D eigenvalue weighted by molar-refractivity contribution is 6.00. The van der Waals surface area contributed by atoms with Crippen LogP contribution in [0.2, 0.25) is 0 Å². The second-order valence-corrected chi connectivity index (χ2v) is 8.02. The average molecular weight is 462 g/mol. The van der Waals surface area contributed by atoms with Gasteiger partial charge in [0.15, 0.2) is 0 Å². The number of azo groups is 1. The van der Waals surface area contributed by atoms with Crippen LogP contribution in [0.5, 0.6) is 11.5 Å². The molecule has 0 radical (unpaired) electrons. The number of nitrogens with zero attached hydrogens (tertiary/aromatic N) is 5. The lowest BCUT2D eigenvalue weighted by molar-refractivity contribution is 0.475. The highest BCUT2D eigenvalue weighted by atomic mass is 16.3. The van der Waals surface area contributed by atoms with Gasteiger partial charge in [-0.15, -0.1) is 5.11 Å². The fourth-order valence-electron chi connectivity index (χ4n) is 3.89. The van der Waals surface area contributed by atoms with E-state index in [-0.39, 0.29) is 11.5 Å². The minimum absolute atomic E-state index is 0.0439. The van der Waals surface area contributed by atoms with E-state index in [1.165, 1.54) is 0 Å². The Hall–Kier alpha value is -4.78. The first kappa shape index (κ1) is 22.0. The van der Waals surface area contributed by atoms with E-state index in [0.29, 0.717) is 35.2 Å². The summed E-state index contributed by atoms with van der Waals surface area (Å²) >= 11 is 0. The predicted molar refractivity (Wildman–Crippen MR) is 136 cm³/mol. The molecule has 0 atom stereocenters. The Morgan fingerprint density at radius 2 is 1.31 bits per heavy atom. The third kappa shape index (κ3) is 5.09. The number of fused-ring (bicyclic) bond motifs is 1. The van der Waals surface area contributed by atoms with Crippen molar-refractivity contribution in [2.24, 2.45) is 10.2 Å². The van der Waals surface area contributed by atoms with Crippen molar-refractivity contribution in [3.8, 4) is 11.5 Å². The Kier molecular flexibility index (Phi) is 6.30. The fourth-order valence-corrected chi connectivity index (χ4v) is 3.89. The molecule has 0 fully saturated rings. The molecular weight excluding hydrogens is 438 g/mol. The minimum Gasteiger partial charge on any atom is -0.507 e. The number of rotatable bonds is 7. The smallest absolute Gasteiger partial charge is 0.125 e. The van der Waals surface area contributed by atoms with E-state index < -0.39 is 0 Å². The molecule has 2 heterocycles. The maximum atomic E-state index is 10.3. The molecule has 0 spiro atoms. The monoisotopic (exact) mass is 461 g/mol. The standard InChI is InChI=1S/C28H23N5O2/c34-26-15-14-25(28-24(26)8-5-9-27(28)35)32-31-20-10-12-23(13-11-20)33(18-21-6-1-3-16-29-21)19-22-7-2-4-17-30-22/h1-17,34-35H,18-19H2. The van der Waals surface area contributed by atoms with Gasteiger partial charge in [-0.05, 0) is 66.7 Å². The van der Waals surface area contributed by atoms with Crippen LogP contribution in [0, 0.1) is 0 Å². The molecule has 5 aromatic rings. The number of benzene rings is 3. The number of phenols is 2. The molecule has 0 saturated carbocycles. The Labute approximate surface area is 202 Å². The normalized spacial score (nSPS) is 11.2. The summed E-state index contributed by atoms with van der Waals surface area (Å²) in [4.78, 5) is 11.1. The highest BCUT2D eigenvalue weighted by Gasteiger charge is 2.11. The van der Waals surface area contributed by atoms with Crippen LogP contribution in [-0.4, -0.2) is 20.2 Å². The molecule has 2 aromatic heterocycles. The molecule has 0 bridgehead atoms. The number of hydrogen-bond donors (Lipinski definition) is 2. The maximum Gasteiger partial charge on any atom is 0.125 e. The summed E-state index contributed by atoms with van der Waals surface area (Å²) in [5.74, 6) is 0.127. The van der Waals surface area contributed by atoms with Crippen LogP contribution in [0.1, 0.15) is 11.4 Å². The van der Waals surface area contributed by atoms with E-state index in [2.05, 4.69) is 25.1 Å².